The Hall–Kier alpha value is -0.340. The van der Waals surface area contributed by atoms with Crippen molar-refractivity contribution in [1.29, 1.82) is 0 Å². The number of hydrogen-bond donors (Lipinski definition) is 0. The molecule has 1 saturated heterocycles. The van der Waals surface area contributed by atoms with E-state index in [-0.39, 0.29) is 23.9 Å². The Kier molecular flexibility index (Phi) is 6.55. The predicted molar refractivity (Wildman–Crippen MR) is 81.2 cm³/mol. The van der Waals surface area contributed by atoms with Gasteiger partial charge in [-0.2, -0.15) is 0 Å². The highest BCUT2D eigenvalue weighted by Gasteiger charge is 2.35. The molecule has 0 radical (unpaired) electrons. The van der Waals surface area contributed by atoms with Gasteiger partial charge in [-0.1, -0.05) is 52.7 Å². The molecule has 0 aromatic heterocycles. The van der Waals surface area contributed by atoms with Crippen LogP contribution in [-0.4, -0.2) is 18.5 Å². The van der Waals surface area contributed by atoms with Crippen LogP contribution >= 0.6 is 0 Å². The van der Waals surface area contributed by atoms with Crippen molar-refractivity contribution in [2.24, 2.45) is 5.41 Å². The van der Waals surface area contributed by atoms with Gasteiger partial charge in [-0.3, -0.25) is 0 Å². The number of unbranched alkanes of at least 4 members (excludes halogenated alkanes) is 1. The molecule has 112 valence electrons. The summed E-state index contributed by atoms with van der Waals surface area (Å²) in [4.78, 5) is 0. The van der Waals surface area contributed by atoms with E-state index in [2.05, 4.69) is 47.6 Å². The van der Waals surface area contributed by atoms with Crippen molar-refractivity contribution >= 4 is 0 Å². The quantitative estimate of drug-likeness (QED) is 0.647. The van der Waals surface area contributed by atoms with E-state index in [9.17, 15) is 0 Å². The van der Waals surface area contributed by atoms with Gasteiger partial charge < -0.3 is 9.47 Å². The lowest BCUT2D eigenvalue weighted by atomic mass is 9.84. The van der Waals surface area contributed by atoms with E-state index in [0.717, 1.165) is 19.3 Å². The Morgan fingerprint density at radius 2 is 1.89 bits per heavy atom. The van der Waals surface area contributed by atoms with Crippen LogP contribution in [0.25, 0.3) is 0 Å². The summed E-state index contributed by atoms with van der Waals surface area (Å²) >= 11 is 0. The molecule has 19 heavy (non-hydrogen) atoms. The fourth-order valence-electron chi connectivity index (χ4n) is 2.34. The Balaban J connectivity index is 2.72. The van der Waals surface area contributed by atoms with Crippen molar-refractivity contribution < 1.29 is 9.47 Å². The van der Waals surface area contributed by atoms with Crippen molar-refractivity contribution in [3.05, 3.63) is 11.6 Å². The van der Waals surface area contributed by atoms with Gasteiger partial charge in [-0.15, -0.1) is 0 Å². The van der Waals surface area contributed by atoms with Gasteiger partial charge in [0.05, 0.1) is 12.2 Å². The third kappa shape index (κ3) is 5.66. The van der Waals surface area contributed by atoms with Crippen molar-refractivity contribution in [2.75, 3.05) is 0 Å². The minimum Gasteiger partial charge on any atom is -0.349 e. The molecule has 0 amide bonds. The molecule has 0 aromatic rings. The Labute approximate surface area is 119 Å². The van der Waals surface area contributed by atoms with Crippen LogP contribution in [0.1, 0.15) is 73.6 Å². The van der Waals surface area contributed by atoms with E-state index in [4.69, 9.17) is 9.47 Å². The first-order valence-corrected chi connectivity index (χ1v) is 7.85. The zero-order valence-electron chi connectivity index (χ0n) is 13.7. The molecule has 0 spiro atoms. The van der Waals surface area contributed by atoms with Crippen molar-refractivity contribution in [3.8, 4) is 0 Å². The van der Waals surface area contributed by atoms with Gasteiger partial charge in [0.2, 0.25) is 0 Å². The fraction of sp³-hybridized carbons (Fsp3) is 0.882. The first-order valence-electron chi connectivity index (χ1n) is 7.85. The monoisotopic (exact) mass is 268 g/mol. The maximum absolute atomic E-state index is 6.15. The second-order valence-electron chi connectivity index (χ2n) is 6.84. The molecule has 0 aliphatic carbocycles. The van der Waals surface area contributed by atoms with E-state index < -0.39 is 0 Å². The van der Waals surface area contributed by atoms with Crippen LogP contribution in [0.5, 0.6) is 0 Å². The molecule has 0 saturated carbocycles. The molecule has 0 N–H and O–H groups in total. The van der Waals surface area contributed by atoms with E-state index in [1.54, 1.807) is 0 Å². The molecular weight excluding hydrogens is 236 g/mol. The standard InChI is InChI=1S/C17H32O2/c1-7-9-10-16-18-14(11-13(3)8-2)12-15(19-16)17(4,5)6/h11,14-16H,7-10,12H2,1-6H3/b13-11-. The summed E-state index contributed by atoms with van der Waals surface area (Å²) in [6.45, 7) is 13.4. The smallest absolute Gasteiger partial charge is 0.158 e. The summed E-state index contributed by atoms with van der Waals surface area (Å²) in [7, 11) is 0. The van der Waals surface area contributed by atoms with Crippen molar-refractivity contribution in [2.45, 2.75) is 92.1 Å². The summed E-state index contributed by atoms with van der Waals surface area (Å²) in [6.07, 6.45) is 8.23. The van der Waals surface area contributed by atoms with E-state index in [1.807, 2.05) is 0 Å². The molecular formula is C17H32O2. The fourth-order valence-corrected chi connectivity index (χ4v) is 2.34. The van der Waals surface area contributed by atoms with E-state index in [1.165, 1.54) is 18.4 Å². The number of ether oxygens (including phenoxy) is 2. The molecule has 1 fully saturated rings. The molecule has 1 aliphatic rings. The summed E-state index contributed by atoms with van der Waals surface area (Å²) in [5.41, 5.74) is 1.59. The van der Waals surface area contributed by atoms with E-state index >= 15 is 0 Å². The van der Waals surface area contributed by atoms with Gasteiger partial charge in [0, 0.05) is 6.42 Å². The third-order valence-electron chi connectivity index (χ3n) is 3.88. The first-order chi connectivity index (χ1) is 8.86. The highest BCUT2D eigenvalue weighted by molar-refractivity contribution is 5.03. The molecule has 1 heterocycles. The first kappa shape index (κ1) is 16.7. The molecule has 1 rings (SSSR count). The zero-order chi connectivity index (χ0) is 14.5. The van der Waals surface area contributed by atoms with Crippen LogP contribution in [0.3, 0.4) is 0 Å². The van der Waals surface area contributed by atoms with Crippen LogP contribution in [-0.2, 0) is 9.47 Å². The summed E-state index contributed by atoms with van der Waals surface area (Å²) in [5.74, 6) is 0. The molecule has 2 heteroatoms. The molecule has 2 nitrogen and oxygen atoms in total. The van der Waals surface area contributed by atoms with Gasteiger partial charge in [0.25, 0.3) is 0 Å². The van der Waals surface area contributed by atoms with Crippen LogP contribution in [0.15, 0.2) is 11.6 Å². The van der Waals surface area contributed by atoms with Crippen LogP contribution < -0.4 is 0 Å². The predicted octanol–water partition coefficient (Wildman–Crippen LogP) is 5.08. The summed E-state index contributed by atoms with van der Waals surface area (Å²) in [6, 6.07) is 0. The second-order valence-corrected chi connectivity index (χ2v) is 6.84. The largest absolute Gasteiger partial charge is 0.349 e. The maximum Gasteiger partial charge on any atom is 0.158 e. The lowest BCUT2D eigenvalue weighted by Gasteiger charge is -2.41. The zero-order valence-corrected chi connectivity index (χ0v) is 13.7. The SMILES string of the molecule is CCCCC1OC(/C=C(/C)CC)CC(C(C)(C)C)O1. The van der Waals surface area contributed by atoms with Crippen LogP contribution in [0.2, 0.25) is 0 Å². The Morgan fingerprint density at radius 1 is 1.21 bits per heavy atom. The van der Waals surface area contributed by atoms with E-state index in [0.29, 0.717) is 0 Å². The highest BCUT2D eigenvalue weighted by Crippen LogP contribution is 2.33. The van der Waals surface area contributed by atoms with Crippen molar-refractivity contribution in [3.63, 3.8) is 0 Å². The number of rotatable bonds is 5. The number of hydrogen-bond acceptors (Lipinski definition) is 2. The molecule has 0 aromatic carbocycles. The third-order valence-corrected chi connectivity index (χ3v) is 3.88. The average molecular weight is 268 g/mol. The second kappa shape index (κ2) is 7.44. The molecule has 1 aliphatic heterocycles. The summed E-state index contributed by atoms with van der Waals surface area (Å²) in [5, 5.41) is 0. The van der Waals surface area contributed by atoms with Gasteiger partial charge in [0.1, 0.15) is 0 Å². The molecule has 3 unspecified atom stereocenters. The van der Waals surface area contributed by atoms with Gasteiger partial charge in [0.15, 0.2) is 6.29 Å². The minimum absolute atomic E-state index is 0.0242. The average Bonchev–Trinajstić information content (AvgIpc) is 2.34. The Morgan fingerprint density at radius 3 is 2.42 bits per heavy atom. The van der Waals surface area contributed by atoms with Crippen molar-refractivity contribution in [1.82, 2.24) is 0 Å². The lowest BCUT2D eigenvalue weighted by Crippen LogP contribution is -2.43. The molecule has 3 atom stereocenters. The topological polar surface area (TPSA) is 18.5 Å². The lowest BCUT2D eigenvalue weighted by molar-refractivity contribution is -0.254. The molecule has 0 bridgehead atoms. The Bertz CT molecular complexity index is 288. The normalized spacial score (nSPS) is 29.6. The van der Waals surface area contributed by atoms with Crippen LogP contribution in [0, 0.1) is 5.41 Å². The summed E-state index contributed by atoms with van der Waals surface area (Å²) < 4.78 is 12.2. The van der Waals surface area contributed by atoms with Gasteiger partial charge in [-0.05, 0) is 31.6 Å². The number of allylic oxidation sites excluding steroid dienone is 1. The minimum atomic E-state index is -0.0242. The van der Waals surface area contributed by atoms with Gasteiger partial charge >= 0.3 is 0 Å². The highest BCUT2D eigenvalue weighted by atomic mass is 16.7. The van der Waals surface area contributed by atoms with Crippen LogP contribution in [0.4, 0.5) is 0 Å². The van der Waals surface area contributed by atoms with Gasteiger partial charge in [-0.25, -0.2) is 0 Å². The maximum atomic E-state index is 6.15.